The fraction of sp³-hybridized carbons (Fsp3) is 0.316. The number of rotatable bonds is 7. The smallest absolute Gasteiger partial charge is 0.194 e. The van der Waals surface area contributed by atoms with E-state index in [2.05, 4.69) is 0 Å². The SMILES string of the molecule is CCOC1(OC)C=CC(C=CC(=O)c2ccccc2OC)=C(O)C1. The number of para-hydroxylation sites is 1. The summed E-state index contributed by atoms with van der Waals surface area (Å²) in [6.45, 7) is 2.32. The molecule has 1 aromatic carbocycles. The molecule has 5 nitrogen and oxygen atoms in total. The van der Waals surface area contributed by atoms with Gasteiger partial charge in [-0.2, -0.15) is 0 Å². The van der Waals surface area contributed by atoms with Gasteiger partial charge in [0, 0.05) is 19.3 Å². The largest absolute Gasteiger partial charge is 0.511 e. The Hall–Kier alpha value is -2.37. The number of aliphatic hydroxyl groups is 1. The highest BCUT2D eigenvalue weighted by Gasteiger charge is 2.32. The van der Waals surface area contributed by atoms with E-state index in [4.69, 9.17) is 14.2 Å². The van der Waals surface area contributed by atoms with Crippen molar-refractivity contribution in [3.63, 3.8) is 0 Å². The molecule has 2 rings (SSSR count). The van der Waals surface area contributed by atoms with Gasteiger partial charge in [-0.05, 0) is 37.3 Å². The molecule has 1 N–H and O–H groups in total. The van der Waals surface area contributed by atoms with Crippen LogP contribution in [0.3, 0.4) is 0 Å². The zero-order valence-electron chi connectivity index (χ0n) is 14.1. The van der Waals surface area contributed by atoms with Crippen LogP contribution in [0.15, 0.2) is 59.9 Å². The Balaban J connectivity index is 2.16. The third-order valence-electron chi connectivity index (χ3n) is 3.78. The Labute approximate surface area is 141 Å². The minimum absolute atomic E-state index is 0.108. The summed E-state index contributed by atoms with van der Waals surface area (Å²) in [6, 6.07) is 7.00. The summed E-state index contributed by atoms with van der Waals surface area (Å²) in [5, 5.41) is 10.2. The van der Waals surface area contributed by atoms with Crippen molar-refractivity contribution in [1.29, 1.82) is 0 Å². The molecule has 0 saturated heterocycles. The van der Waals surface area contributed by atoms with E-state index in [0.29, 0.717) is 23.5 Å². The molecule has 0 fully saturated rings. The number of hydrogen-bond acceptors (Lipinski definition) is 5. The number of carbonyl (C=O) groups is 1. The molecule has 0 spiro atoms. The summed E-state index contributed by atoms with van der Waals surface area (Å²) in [6.07, 6.45) is 6.60. The standard InChI is InChI=1S/C19H22O5/c1-4-24-19(23-3)12-11-14(17(21)13-19)9-10-16(20)15-7-5-6-8-18(15)22-2/h5-12,21H,4,13H2,1-3H3. The van der Waals surface area contributed by atoms with E-state index in [1.54, 1.807) is 42.5 Å². The molecule has 0 radical (unpaired) electrons. The first-order valence-electron chi connectivity index (χ1n) is 7.71. The molecule has 0 bridgehead atoms. The Morgan fingerprint density at radius 1 is 1.33 bits per heavy atom. The summed E-state index contributed by atoms with van der Waals surface area (Å²) in [7, 11) is 3.05. The van der Waals surface area contributed by atoms with Gasteiger partial charge in [-0.25, -0.2) is 0 Å². The molecule has 0 saturated carbocycles. The number of benzene rings is 1. The minimum Gasteiger partial charge on any atom is -0.511 e. The van der Waals surface area contributed by atoms with Crippen molar-refractivity contribution in [3.8, 4) is 5.75 Å². The van der Waals surface area contributed by atoms with Gasteiger partial charge in [0.2, 0.25) is 0 Å². The van der Waals surface area contributed by atoms with Crippen LogP contribution in [0.2, 0.25) is 0 Å². The minimum atomic E-state index is -0.956. The van der Waals surface area contributed by atoms with E-state index < -0.39 is 5.79 Å². The second-order valence-electron chi connectivity index (χ2n) is 5.26. The van der Waals surface area contributed by atoms with Gasteiger partial charge in [-0.3, -0.25) is 4.79 Å². The van der Waals surface area contributed by atoms with Crippen molar-refractivity contribution < 1.29 is 24.1 Å². The van der Waals surface area contributed by atoms with Crippen LogP contribution in [0.1, 0.15) is 23.7 Å². The zero-order valence-corrected chi connectivity index (χ0v) is 14.1. The van der Waals surface area contributed by atoms with E-state index >= 15 is 0 Å². The second-order valence-corrected chi connectivity index (χ2v) is 5.26. The summed E-state index contributed by atoms with van der Waals surface area (Å²) in [5.41, 5.74) is 1.02. The molecule has 0 aromatic heterocycles. The Morgan fingerprint density at radius 3 is 2.71 bits per heavy atom. The number of ether oxygens (including phenoxy) is 3. The quantitative estimate of drug-likeness (QED) is 0.470. The molecule has 1 aliphatic carbocycles. The summed E-state index contributed by atoms with van der Waals surface area (Å²) < 4.78 is 16.1. The molecule has 0 aliphatic heterocycles. The molecule has 1 aliphatic rings. The van der Waals surface area contributed by atoms with E-state index in [1.165, 1.54) is 20.3 Å². The average molecular weight is 330 g/mol. The van der Waals surface area contributed by atoms with Crippen LogP contribution in [0, 0.1) is 0 Å². The van der Waals surface area contributed by atoms with Gasteiger partial charge in [0.15, 0.2) is 11.6 Å². The van der Waals surface area contributed by atoms with E-state index in [1.807, 2.05) is 6.92 Å². The molecule has 5 heteroatoms. The summed E-state index contributed by atoms with van der Waals surface area (Å²) in [5.74, 6) is -0.534. The van der Waals surface area contributed by atoms with Crippen molar-refractivity contribution in [2.45, 2.75) is 19.1 Å². The van der Waals surface area contributed by atoms with Gasteiger partial charge >= 0.3 is 0 Å². The molecule has 0 amide bonds. The van der Waals surface area contributed by atoms with Crippen LogP contribution in [0.4, 0.5) is 0 Å². The Kier molecular flexibility index (Phi) is 5.95. The first-order chi connectivity index (χ1) is 11.5. The predicted octanol–water partition coefficient (Wildman–Crippen LogP) is 3.59. The molecule has 1 aromatic rings. The number of allylic oxidation sites excluding steroid dienone is 4. The first-order valence-corrected chi connectivity index (χ1v) is 7.71. The number of carbonyl (C=O) groups excluding carboxylic acids is 1. The van der Waals surface area contributed by atoms with Crippen molar-refractivity contribution in [3.05, 3.63) is 65.5 Å². The topological polar surface area (TPSA) is 65.0 Å². The maximum absolute atomic E-state index is 12.3. The van der Waals surface area contributed by atoms with Crippen LogP contribution >= 0.6 is 0 Å². The van der Waals surface area contributed by atoms with E-state index in [-0.39, 0.29) is 18.0 Å². The molecular formula is C19H22O5. The molecule has 128 valence electrons. The van der Waals surface area contributed by atoms with Gasteiger partial charge < -0.3 is 19.3 Å². The third-order valence-corrected chi connectivity index (χ3v) is 3.78. The Bertz CT molecular complexity index is 687. The highest BCUT2D eigenvalue weighted by atomic mass is 16.7. The first kappa shape index (κ1) is 18.0. The number of hydrogen-bond donors (Lipinski definition) is 1. The summed E-state index contributed by atoms with van der Waals surface area (Å²) in [4.78, 5) is 12.3. The van der Waals surface area contributed by atoms with Gasteiger partial charge in [0.05, 0.1) is 19.1 Å². The fourth-order valence-corrected chi connectivity index (χ4v) is 2.51. The lowest BCUT2D eigenvalue weighted by atomic mass is 9.98. The second kappa shape index (κ2) is 7.95. The molecule has 24 heavy (non-hydrogen) atoms. The number of ketones is 1. The van der Waals surface area contributed by atoms with Crippen molar-refractivity contribution in [2.24, 2.45) is 0 Å². The van der Waals surface area contributed by atoms with Crippen molar-refractivity contribution >= 4 is 5.78 Å². The van der Waals surface area contributed by atoms with Crippen LogP contribution in [-0.2, 0) is 9.47 Å². The van der Waals surface area contributed by atoms with Gasteiger partial charge in [0.1, 0.15) is 11.5 Å². The number of aliphatic hydroxyl groups excluding tert-OH is 1. The van der Waals surface area contributed by atoms with Gasteiger partial charge in [0.25, 0.3) is 0 Å². The molecule has 1 unspecified atom stereocenters. The van der Waals surface area contributed by atoms with Crippen LogP contribution in [0.5, 0.6) is 5.75 Å². The van der Waals surface area contributed by atoms with Gasteiger partial charge in [-0.15, -0.1) is 0 Å². The zero-order chi connectivity index (χ0) is 17.6. The molecule has 0 heterocycles. The van der Waals surface area contributed by atoms with Crippen LogP contribution in [-0.4, -0.2) is 37.5 Å². The third kappa shape index (κ3) is 3.93. The lowest BCUT2D eigenvalue weighted by Gasteiger charge is -2.31. The van der Waals surface area contributed by atoms with Crippen LogP contribution in [0.25, 0.3) is 0 Å². The van der Waals surface area contributed by atoms with Gasteiger partial charge in [-0.1, -0.05) is 18.2 Å². The highest BCUT2D eigenvalue weighted by molar-refractivity contribution is 6.06. The maximum atomic E-state index is 12.3. The summed E-state index contributed by atoms with van der Waals surface area (Å²) >= 11 is 0. The lowest BCUT2D eigenvalue weighted by molar-refractivity contribution is -0.188. The fourth-order valence-electron chi connectivity index (χ4n) is 2.51. The van der Waals surface area contributed by atoms with Crippen LogP contribution < -0.4 is 4.74 Å². The molecule has 1 atom stereocenters. The monoisotopic (exact) mass is 330 g/mol. The lowest BCUT2D eigenvalue weighted by Crippen LogP contribution is -2.35. The predicted molar refractivity (Wildman–Crippen MR) is 91.2 cm³/mol. The van der Waals surface area contributed by atoms with Crippen molar-refractivity contribution in [2.75, 3.05) is 20.8 Å². The average Bonchev–Trinajstić information content (AvgIpc) is 2.61. The maximum Gasteiger partial charge on any atom is 0.194 e. The van der Waals surface area contributed by atoms with E-state index in [9.17, 15) is 9.90 Å². The number of methoxy groups -OCH3 is 2. The Morgan fingerprint density at radius 2 is 2.08 bits per heavy atom. The van der Waals surface area contributed by atoms with Crippen molar-refractivity contribution in [1.82, 2.24) is 0 Å². The highest BCUT2D eigenvalue weighted by Crippen LogP contribution is 2.30. The normalized spacial score (nSPS) is 20.6. The van der Waals surface area contributed by atoms with E-state index in [0.717, 1.165) is 0 Å². The molecular weight excluding hydrogens is 308 g/mol.